The van der Waals surface area contributed by atoms with Gasteiger partial charge < -0.3 is 15.3 Å². The summed E-state index contributed by atoms with van der Waals surface area (Å²) in [5.74, 6) is -0.192. The summed E-state index contributed by atoms with van der Waals surface area (Å²) >= 11 is 5.92. The summed E-state index contributed by atoms with van der Waals surface area (Å²) in [7, 11) is 3.21. The lowest BCUT2D eigenvalue weighted by atomic mass is 10.2. The maximum absolute atomic E-state index is 11.9. The Kier molecular flexibility index (Phi) is 4.67. The van der Waals surface area contributed by atoms with Gasteiger partial charge in [-0.3, -0.25) is 4.68 Å². The molecule has 1 aromatic heterocycles. The molecule has 7 nitrogen and oxygen atoms in total. The van der Waals surface area contributed by atoms with Crippen molar-refractivity contribution in [2.45, 2.75) is 6.92 Å². The molecule has 1 aromatic carbocycles. The highest BCUT2D eigenvalue weighted by molar-refractivity contribution is 6.31. The third-order valence-electron chi connectivity index (χ3n) is 3.12. The minimum Gasteiger partial charge on any atom is -0.496 e. The molecule has 116 valence electrons. The number of methoxy groups -OCH3 is 1. The number of carbonyl (C=O) groups excluding carboxylic acids is 1. The van der Waals surface area contributed by atoms with Gasteiger partial charge in [-0.2, -0.15) is 5.10 Å². The Morgan fingerprint density at radius 1 is 1.41 bits per heavy atom. The van der Waals surface area contributed by atoms with Crippen LogP contribution in [0.15, 0.2) is 29.6 Å². The van der Waals surface area contributed by atoms with Crippen molar-refractivity contribution < 1.29 is 14.4 Å². The number of hydrogen-bond acceptors (Lipinski definition) is 5. The van der Waals surface area contributed by atoms with Crippen LogP contribution in [0.1, 0.15) is 21.6 Å². The van der Waals surface area contributed by atoms with E-state index in [0.717, 1.165) is 0 Å². The molecule has 0 amide bonds. The monoisotopic (exact) mass is 322 g/mol. The molecule has 8 heteroatoms. The predicted molar refractivity (Wildman–Crippen MR) is 82.1 cm³/mol. The molecular weight excluding hydrogens is 308 g/mol. The fourth-order valence-corrected chi connectivity index (χ4v) is 1.94. The zero-order valence-electron chi connectivity index (χ0n) is 12.3. The van der Waals surface area contributed by atoms with Crippen LogP contribution in [-0.2, 0) is 11.9 Å². The normalized spacial score (nSPS) is 11.4. The molecule has 0 bridgehead atoms. The second-order valence-electron chi connectivity index (χ2n) is 4.47. The number of ether oxygens (including phenoxy) is 1. The smallest absolute Gasteiger partial charge is 0.369 e. The first-order chi connectivity index (χ1) is 10.4. The van der Waals surface area contributed by atoms with Crippen LogP contribution in [0.2, 0.25) is 5.02 Å². The van der Waals surface area contributed by atoms with E-state index in [9.17, 15) is 4.79 Å². The van der Waals surface area contributed by atoms with Crippen LogP contribution in [0.4, 0.5) is 0 Å². The highest BCUT2D eigenvalue weighted by atomic mass is 35.5. The summed E-state index contributed by atoms with van der Waals surface area (Å²) in [5, 5.41) is 8.06. The summed E-state index contributed by atoms with van der Waals surface area (Å²) in [6.07, 6.45) is 1.41. The molecule has 0 unspecified atom stereocenters. The van der Waals surface area contributed by atoms with Crippen molar-refractivity contribution in [3.63, 3.8) is 0 Å². The highest BCUT2D eigenvalue weighted by Gasteiger charge is 2.15. The van der Waals surface area contributed by atoms with Gasteiger partial charge in [0.2, 0.25) is 0 Å². The zero-order valence-corrected chi connectivity index (χ0v) is 13.1. The largest absolute Gasteiger partial charge is 0.496 e. The SMILES string of the molecule is COc1ccc(Cl)cc1/C(N)=N/OC(=O)c1cnn(C)c1C. The highest BCUT2D eigenvalue weighted by Crippen LogP contribution is 2.22. The molecule has 0 aliphatic heterocycles. The van der Waals surface area contributed by atoms with Crippen LogP contribution in [0.3, 0.4) is 0 Å². The van der Waals surface area contributed by atoms with Gasteiger partial charge >= 0.3 is 5.97 Å². The topological polar surface area (TPSA) is 91.7 Å². The van der Waals surface area contributed by atoms with E-state index in [1.54, 1.807) is 36.9 Å². The molecule has 2 rings (SSSR count). The molecule has 2 aromatic rings. The molecule has 22 heavy (non-hydrogen) atoms. The number of rotatable bonds is 4. The van der Waals surface area contributed by atoms with Crippen LogP contribution in [0.25, 0.3) is 0 Å². The minimum atomic E-state index is -0.644. The number of carbonyl (C=O) groups is 1. The van der Waals surface area contributed by atoms with E-state index in [-0.39, 0.29) is 5.84 Å². The Morgan fingerprint density at radius 3 is 2.73 bits per heavy atom. The molecule has 0 atom stereocenters. The molecule has 2 N–H and O–H groups in total. The number of amidine groups is 1. The Labute approximate surface area is 132 Å². The van der Waals surface area contributed by atoms with E-state index in [1.165, 1.54) is 13.3 Å². The van der Waals surface area contributed by atoms with E-state index < -0.39 is 5.97 Å². The van der Waals surface area contributed by atoms with Crippen LogP contribution < -0.4 is 10.5 Å². The lowest BCUT2D eigenvalue weighted by Crippen LogP contribution is -2.16. The molecule has 0 radical (unpaired) electrons. The number of aryl methyl sites for hydroxylation is 1. The van der Waals surface area contributed by atoms with Gasteiger partial charge in [0.15, 0.2) is 5.84 Å². The van der Waals surface area contributed by atoms with Crippen molar-refractivity contribution in [2.75, 3.05) is 7.11 Å². The van der Waals surface area contributed by atoms with Gasteiger partial charge in [0.25, 0.3) is 0 Å². The molecular formula is C14H15ClN4O3. The Hall–Kier alpha value is -2.54. The molecule has 0 spiro atoms. The van der Waals surface area contributed by atoms with Crippen molar-refractivity contribution in [2.24, 2.45) is 17.9 Å². The fraction of sp³-hybridized carbons (Fsp3) is 0.214. The quantitative estimate of drug-likeness (QED) is 0.401. The molecule has 0 aliphatic rings. The molecule has 1 heterocycles. The van der Waals surface area contributed by atoms with Crippen molar-refractivity contribution in [3.8, 4) is 5.75 Å². The third-order valence-corrected chi connectivity index (χ3v) is 3.35. The number of hydrogen-bond donors (Lipinski definition) is 1. The molecule has 0 fully saturated rings. The summed E-state index contributed by atoms with van der Waals surface area (Å²) in [5.41, 5.74) is 7.24. The zero-order chi connectivity index (χ0) is 16.3. The second-order valence-corrected chi connectivity index (χ2v) is 4.90. The summed E-state index contributed by atoms with van der Waals surface area (Å²) in [6, 6.07) is 4.87. The van der Waals surface area contributed by atoms with Crippen LogP contribution in [-0.4, -0.2) is 28.7 Å². The third kappa shape index (κ3) is 3.20. The predicted octanol–water partition coefficient (Wildman–Crippen LogP) is 1.87. The number of halogens is 1. The number of oxime groups is 1. The van der Waals surface area contributed by atoms with Gasteiger partial charge in [-0.1, -0.05) is 16.8 Å². The fourth-order valence-electron chi connectivity index (χ4n) is 1.77. The first kappa shape index (κ1) is 15.8. The van der Waals surface area contributed by atoms with Gasteiger partial charge in [0.1, 0.15) is 11.3 Å². The molecule has 0 aliphatic carbocycles. The standard InChI is InChI=1S/C14H15ClN4O3/c1-8-11(7-17-19(8)2)14(20)22-18-13(16)10-6-9(15)4-5-12(10)21-3/h4-7H,1-3H3,(H2,16,18). The van der Waals surface area contributed by atoms with Crippen molar-refractivity contribution >= 4 is 23.4 Å². The van der Waals surface area contributed by atoms with Gasteiger partial charge in [-0.25, -0.2) is 4.79 Å². The summed E-state index contributed by atoms with van der Waals surface area (Å²) in [4.78, 5) is 16.8. The number of benzene rings is 1. The first-order valence-corrected chi connectivity index (χ1v) is 6.69. The van der Waals surface area contributed by atoms with Crippen LogP contribution in [0.5, 0.6) is 5.75 Å². The maximum atomic E-state index is 11.9. The Morgan fingerprint density at radius 2 is 2.14 bits per heavy atom. The Balaban J connectivity index is 2.21. The number of nitrogens with zero attached hydrogens (tertiary/aromatic N) is 3. The summed E-state index contributed by atoms with van der Waals surface area (Å²) in [6.45, 7) is 1.75. The van der Waals surface area contributed by atoms with Crippen LogP contribution in [0, 0.1) is 6.92 Å². The first-order valence-electron chi connectivity index (χ1n) is 6.31. The summed E-state index contributed by atoms with van der Waals surface area (Å²) < 4.78 is 6.72. The van der Waals surface area contributed by atoms with Crippen molar-refractivity contribution in [3.05, 3.63) is 46.2 Å². The van der Waals surface area contributed by atoms with Gasteiger partial charge in [0, 0.05) is 17.8 Å². The lowest BCUT2D eigenvalue weighted by Gasteiger charge is -2.07. The molecule has 0 saturated carbocycles. The van der Waals surface area contributed by atoms with Gasteiger partial charge in [-0.15, -0.1) is 0 Å². The van der Waals surface area contributed by atoms with E-state index in [2.05, 4.69) is 10.3 Å². The maximum Gasteiger partial charge on any atom is 0.369 e. The average molecular weight is 323 g/mol. The second kappa shape index (κ2) is 6.48. The van der Waals surface area contributed by atoms with E-state index >= 15 is 0 Å². The van der Waals surface area contributed by atoms with E-state index in [0.29, 0.717) is 27.6 Å². The number of nitrogens with two attached hydrogens (primary N) is 1. The minimum absolute atomic E-state index is 0.0192. The number of aromatic nitrogens is 2. The van der Waals surface area contributed by atoms with E-state index in [1.807, 2.05) is 0 Å². The lowest BCUT2D eigenvalue weighted by molar-refractivity contribution is 0.0515. The van der Waals surface area contributed by atoms with E-state index in [4.69, 9.17) is 26.9 Å². The van der Waals surface area contributed by atoms with Gasteiger partial charge in [0.05, 0.1) is 18.9 Å². The van der Waals surface area contributed by atoms with Crippen molar-refractivity contribution in [1.29, 1.82) is 0 Å². The van der Waals surface area contributed by atoms with Gasteiger partial charge in [-0.05, 0) is 25.1 Å². The van der Waals surface area contributed by atoms with Crippen molar-refractivity contribution in [1.82, 2.24) is 9.78 Å². The average Bonchev–Trinajstić information content (AvgIpc) is 2.84. The Bertz CT molecular complexity index is 740. The molecule has 0 saturated heterocycles. The van der Waals surface area contributed by atoms with Crippen LogP contribution >= 0.6 is 11.6 Å².